The van der Waals surface area contributed by atoms with Crippen molar-refractivity contribution in [2.24, 2.45) is 0 Å². The van der Waals surface area contributed by atoms with Crippen molar-refractivity contribution in [1.29, 1.82) is 0 Å². The Morgan fingerprint density at radius 3 is 2.30 bits per heavy atom. The maximum atomic E-state index is 12.3. The first kappa shape index (κ1) is 22.4. The van der Waals surface area contributed by atoms with E-state index in [9.17, 15) is 19.8 Å². The molecule has 3 N–H and O–H groups in total. The molecule has 0 bridgehead atoms. The summed E-state index contributed by atoms with van der Waals surface area (Å²) < 4.78 is 10.1. The fourth-order valence-corrected chi connectivity index (χ4v) is 4.09. The molecule has 1 aliphatic carbocycles. The van der Waals surface area contributed by atoms with Crippen LogP contribution in [0.2, 0.25) is 0 Å². The molecule has 0 spiro atoms. The van der Waals surface area contributed by atoms with Crippen LogP contribution in [0.4, 0.5) is 4.79 Å². The van der Waals surface area contributed by atoms with Crippen molar-refractivity contribution in [3.8, 4) is 11.1 Å². The number of rotatable bonds is 7. The number of pyridine rings is 1. The number of nitrogens with one attached hydrogen (secondary N) is 1. The van der Waals surface area contributed by atoms with Crippen LogP contribution in [0.5, 0.6) is 0 Å². The van der Waals surface area contributed by atoms with Crippen LogP contribution in [-0.4, -0.2) is 53.6 Å². The Kier molecular flexibility index (Phi) is 6.67. The minimum Gasteiger partial charge on any atom is -0.465 e. The molecule has 33 heavy (non-hydrogen) atoms. The molecule has 2 atom stereocenters. The molecule has 2 aromatic carbocycles. The molecule has 1 heterocycles. The summed E-state index contributed by atoms with van der Waals surface area (Å²) in [5, 5.41) is 23.3. The Balaban J connectivity index is 1.36. The minimum absolute atomic E-state index is 0.0835. The monoisotopic (exact) mass is 448 g/mol. The Labute approximate surface area is 190 Å². The van der Waals surface area contributed by atoms with E-state index in [4.69, 9.17) is 4.74 Å². The quantitative estimate of drug-likeness (QED) is 0.476. The number of carbonyl (C=O) groups is 2. The molecule has 8 nitrogen and oxygen atoms in total. The number of hydrogen-bond donors (Lipinski definition) is 3. The van der Waals surface area contributed by atoms with Gasteiger partial charge >= 0.3 is 12.1 Å². The van der Waals surface area contributed by atoms with Crippen LogP contribution in [-0.2, 0) is 9.47 Å². The highest BCUT2D eigenvalue weighted by Crippen LogP contribution is 2.44. The van der Waals surface area contributed by atoms with Crippen molar-refractivity contribution < 1.29 is 29.3 Å². The molecule has 0 radical (unpaired) electrons. The lowest BCUT2D eigenvalue weighted by Crippen LogP contribution is -2.36. The number of nitrogens with zero attached hydrogens (tertiary/aromatic N) is 1. The van der Waals surface area contributed by atoms with Crippen LogP contribution in [0.25, 0.3) is 11.1 Å². The first-order valence-corrected chi connectivity index (χ1v) is 10.5. The van der Waals surface area contributed by atoms with Gasteiger partial charge in [0.15, 0.2) is 0 Å². The zero-order valence-electron chi connectivity index (χ0n) is 18.0. The summed E-state index contributed by atoms with van der Waals surface area (Å²) in [6.07, 6.45) is -0.917. The average molecular weight is 448 g/mol. The summed E-state index contributed by atoms with van der Waals surface area (Å²) in [7, 11) is 1.22. The normalized spacial score (nSPS) is 14.0. The minimum atomic E-state index is -1.46. The molecular formula is C25H24N2O6. The van der Waals surface area contributed by atoms with Gasteiger partial charge in [0.2, 0.25) is 0 Å². The van der Waals surface area contributed by atoms with Crippen molar-refractivity contribution in [2.75, 3.05) is 20.3 Å². The number of ether oxygens (including phenoxy) is 2. The van der Waals surface area contributed by atoms with E-state index in [-0.39, 0.29) is 30.2 Å². The smallest absolute Gasteiger partial charge is 0.407 e. The maximum Gasteiger partial charge on any atom is 0.407 e. The predicted octanol–water partition coefficient (Wildman–Crippen LogP) is 2.80. The fourth-order valence-electron chi connectivity index (χ4n) is 4.09. The van der Waals surface area contributed by atoms with E-state index >= 15 is 0 Å². The van der Waals surface area contributed by atoms with Gasteiger partial charge in [-0.05, 0) is 28.3 Å². The molecule has 0 fully saturated rings. The molecule has 0 saturated carbocycles. The number of fused-ring (bicyclic) bond motifs is 3. The number of hydrogen-bond acceptors (Lipinski definition) is 7. The van der Waals surface area contributed by atoms with E-state index in [1.54, 1.807) is 0 Å². The second kappa shape index (κ2) is 9.81. The van der Waals surface area contributed by atoms with Gasteiger partial charge in [0.1, 0.15) is 18.8 Å². The van der Waals surface area contributed by atoms with E-state index in [0.717, 1.165) is 22.3 Å². The van der Waals surface area contributed by atoms with Gasteiger partial charge in [0.25, 0.3) is 0 Å². The van der Waals surface area contributed by atoms with Crippen molar-refractivity contribution in [2.45, 2.75) is 18.1 Å². The second-order valence-electron chi connectivity index (χ2n) is 7.67. The lowest BCUT2D eigenvalue weighted by atomic mass is 9.98. The van der Waals surface area contributed by atoms with Crippen LogP contribution in [0, 0.1) is 0 Å². The van der Waals surface area contributed by atoms with Crippen molar-refractivity contribution in [3.05, 3.63) is 89.2 Å². The number of esters is 1. The van der Waals surface area contributed by atoms with Gasteiger partial charge in [-0.2, -0.15) is 0 Å². The standard InChI is InChI=1S/C25H24N2O6/c1-32-24(30)19-10-11-26-12-20(19)23(29)22(28)13-27-25(31)33-14-21-17-8-4-2-6-15(17)16-7-3-5-9-18(16)21/h2-12,21-23,28-29H,13-14H2,1H3,(H,27,31). The summed E-state index contributed by atoms with van der Waals surface area (Å²) >= 11 is 0. The van der Waals surface area contributed by atoms with E-state index in [0.29, 0.717) is 0 Å². The van der Waals surface area contributed by atoms with Crippen LogP contribution >= 0.6 is 0 Å². The number of aliphatic hydroxyl groups excluding tert-OH is 2. The van der Waals surface area contributed by atoms with Gasteiger partial charge in [-0.1, -0.05) is 48.5 Å². The van der Waals surface area contributed by atoms with Crippen LogP contribution in [0.3, 0.4) is 0 Å². The Morgan fingerprint density at radius 2 is 1.67 bits per heavy atom. The summed E-state index contributed by atoms with van der Waals surface area (Å²) in [4.78, 5) is 28.1. The van der Waals surface area contributed by atoms with Gasteiger partial charge in [-0.25, -0.2) is 9.59 Å². The molecule has 4 rings (SSSR count). The number of alkyl carbamates (subject to hydrolysis) is 1. The van der Waals surface area contributed by atoms with Gasteiger partial charge in [0.05, 0.1) is 12.7 Å². The SMILES string of the molecule is COC(=O)c1ccncc1C(O)C(O)CNC(=O)OCC1c2ccccc2-c2ccccc21. The highest BCUT2D eigenvalue weighted by atomic mass is 16.5. The van der Waals surface area contributed by atoms with E-state index in [1.807, 2.05) is 48.5 Å². The molecular weight excluding hydrogens is 424 g/mol. The zero-order chi connectivity index (χ0) is 23.4. The summed E-state index contributed by atoms with van der Waals surface area (Å²) in [5.74, 6) is -0.750. The number of methoxy groups -OCH3 is 1. The van der Waals surface area contributed by atoms with Crippen molar-refractivity contribution in [1.82, 2.24) is 10.3 Å². The van der Waals surface area contributed by atoms with Gasteiger partial charge in [-0.15, -0.1) is 0 Å². The van der Waals surface area contributed by atoms with Gasteiger partial charge < -0.3 is 25.0 Å². The summed E-state index contributed by atoms with van der Waals surface area (Å²) in [6, 6.07) is 17.4. The third-order valence-electron chi connectivity index (χ3n) is 5.74. The third kappa shape index (κ3) is 4.57. The largest absolute Gasteiger partial charge is 0.465 e. The predicted molar refractivity (Wildman–Crippen MR) is 120 cm³/mol. The van der Waals surface area contributed by atoms with E-state index in [1.165, 1.54) is 25.6 Å². The number of aliphatic hydroxyl groups is 2. The van der Waals surface area contributed by atoms with Crippen molar-refractivity contribution in [3.63, 3.8) is 0 Å². The first-order chi connectivity index (χ1) is 16.0. The lowest BCUT2D eigenvalue weighted by Gasteiger charge is -2.20. The molecule has 0 saturated heterocycles. The third-order valence-corrected chi connectivity index (χ3v) is 5.74. The highest BCUT2D eigenvalue weighted by molar-refractivity contribution is 5.91. The average Bonchev–Trinajstić information content (AvgIpc) is 3.18. The van der Waals surface area contributed by atoms with Crippen LogP contribution in [0.1, 0.15) is 39.1 Å². The Bertz CT molecular complexity index is 1120. The van der Waals surface area contributed by atoms with Crippen molar-refractivity contribution >= 4 is 12.1 Å². The Hall–Kier alpha value is -3.75. The van der Waals surface area contributed by atoms with E-state index in [2.05, 4.69) is 15.0 Å². The molecule has 170 valence electrons. The van der Waals surface area contributed by atoms with Crippen LogP contribution < -0.4 is 5.32 Å². The van der Waals surface area contributed by atoms with Gasteiger partial charge in [-0.3, -0.25) is 4.98 Å². The summed E-state index contributed by atoms with van der Waals surface area (Å²) in [6.45, 7) is -0.152. The molecule has 1 aromatic heterocycles. The molecule has 0 aliphatic heterocycles. The molecule has 2 unspecified atom stereocenters. The number of benzene rings is 2. The van der Waals surface area contributed by atoms with Crippen LogP contribution in [0.15, 0.2) is 67.0 Å². The number of carbonyl (C=O) groups excluding carboxylic acids is 2. The zero-order valence-corrected chi connectivity index (χ0v) is 18.0. The lowest BCUT2D eigenvalue weighted by molar-refractivity contribution is 0.0170. The molecule has 1 aliphatic rings. The maximum absolute atomic E-state index is 12.3. The summed E-state index contributed by atoms with van der Waals surface area (Å²) in [5.41, 5.74) is 4.62. The second-order valence-corrected chi connectivity index (χ2v) is 7.67. The van der Waals surface area contributed by atoms with Gasteiger partial charge in [0, 0.05) is 30.4 Å². The number of amides is 1. The van der Waals surface area contributed by atoms with E-state index < -0.39 is 24.3 Å². The first-order valence-electron chi connectivity index (χ1n) is 10.5. The molecule has 1 amide bonds. The fraction of sp³-hybridized carbons (Fsp3) is 0.240. The Morgan fingerprint density at radius 1 is 1.03 bits per heavy atom. The molecule has 3 aromatic rings. The topological polar surface area (TPSA) is 118 Å². The highest BCUT2D eigenvalue weighted by Gasteiger charge is 2.29. The molecule has 8 heteroatoms. The number of aromatic nitrogens is 1.